The van der Waals surface area contributed by atoms with E-state index >= 15 is 0 Å². The van der Waals surface area contributed by atoms with Crippen molar-refractivity contribution in [3.63, 3.8) is 0 Å². The topological polar surface area (TPSA) is 82.3 Å². The van der Waals surface area contributed by atoms with Gasteiger partial charge in [-0.25, -0.2) is 0 Å². The Labute approximate surface area is 146 Å². The van der Waals surface area contributed by atoms with Crippen molar-refractivity contribution in [2.75, 3.05) is 0 Å². The number of thiophene rings is 1. The van der Waals surface area contributed by atoms with Crippen LogP contribution in [0.15, 0.2) is 51.0 Å². The van der Waals surface area contributed by atoms with Crippen LogP contribution >= 0.6 is 22.9 Å². The van der Waals surface area contributed by atoms with Gasteiger partial charge in [-0.3, -0.25) is 4.79 Å². The quantitative estimate of drug-likeness (QED) is 0.645. The lowest BCUT2D eigenvalue weighted by Gasteiger charge is -2.04. The van der Waals surface area contributed by atoms with E-state index in [0.29, 0.717) is 22.0 Å². The maximum atomic E-state index is 12.9. The van der Waals surface area contributed by atoms with Crippen LogP contribution < -0.4 is 0 Å². The Hall–Kier alpha value is -2.38. The zero-order valence-electron chi connectivity index (χ0n) is 12.7. The minimum absolute atomic E-state index is 0.0395. The number of carbonyl (C=O) groups excluding carboxylic acids is 1. The second-order valence-corrected chi connectivity index (χ2v) is 7.23. The van der Waals surface area contributed by atoms with Crippen molar-refractivity contribution >= 4 is 39.6 Å². The van der Waals surface area contributed by atoms with Crippen molar-refractivity contribution in [2.24, 2.45) is 20.7 Å². The first kappa shape index (κ1) is 15.2. The van der Waals surface area contributed by atoms with Crippen molar-refractivity contribution in [2.45, 2.75) is 19.5 Å². The molecule has 1 aromatic carbocycles. The first-order valence-electron chi connectivity index (χ1n) is 7.33. The first-order chi connectivity index (χ1) is 11.6. The SMILES string of the molecule is Cc1ccc(C(=O)c2[nH]c3cc(Cl)ccc3c2CC2N=NN=N2)s1. The molecule has 0 atom stereocenters. The number of hydrogen-bond donors (Lipinski definition) is 1. The molecule has 0 saturated heterocycles. The third-order valence-electron chi connectivity index (χ3n) is 3.86. The number of carbonyl (C=O) groups is 1. The van der Waals surface area contributed by atoms with E-state index in [0.717, 1.165) is 21.3 Å². The summed E-state index contributed by atoms with van der Waals surface area (Å²) in [6.07, 6.45) is 0.0661. The number of nitrogens with one attached hydrogen (secondary N) is 1. The fourth-order valence-corrected chi connectivity index (χ4v) is 3.75. The minimum atomic E-state index is -0.392. The lowest BCUT2D eigenvalue weighted by atomic mass is 10.0. The molecule has 0 saturated carbocycles. The molecular formula is C16H12ClN5OS. The number of aromatic amines is 1. The van der Waals surface area contributed by atoms with Gasteiger partial charge in [0.15, 0.2) is 6.17 Å². The Morgan fingerprint density at radius 3 is 2.75 bits per heavy atom. The van der Waals surface area contributed by atoms with Crippen molar-refractivity contribution < 1.29 is 4.79 Å². The van der Waals surface area contributed by atoms with Gasteiger partial charge in [0.25, 0.3) is 0 Å². The van der Waals surface area contributed by atoms with Crippen LogP contribution in [0.2, 0.25) is 5.02 Å². The van der Waals surface area contributed by atoms with Gasteiger partial charge in [0, 0.05) is 27.2 Å². The first-order valence-corrected chi connectivity index (χ1v) is 8.52. The Morgan fingerprint density at radius 1 is 1.25 bits per heavy atom. The summed E-state index contributed by atoms with van der Waals surface area (Å²) in [5.74, 6) is -0.0395. The number of nitrogens with zero attached hydrogens (tertiary/aromatic N) is 4. The molecule has 1 N–H and O–H groups in total. The summed E-state index contributed by atoms with van der Waals surface area (Å²) >= 11 is 7.56. The van der Waals surface area contributed by atoms with Crippen LogP contribution in [0.5, 0.6) is 0 Å². The zero-order chi connectivity index (χ0) is 16.7. The number of H-pyrrole nitrogens is 1. The van der Waals surface area contributed by atoms with E-state index in [1.807, 2.05) is 37.3 Å². The van der Waals surface area contributed by atoms with Crippen molar-refractivity contribution in [3.05, 3.63) is 56.4 Å². The van der Waals surface area contributed by atoms with Gasteiger partial charge in [-0.1, -0.05) is 17.7 Å². The fourth-order valence-electron chi connectivity index (χ4n) is 2.77. The Kier molecular flexibility index (Phi) is 3.74. The normalized spacial score (nSPS) is 14.1. The highest BCUT2D eigenvalue weighted by atomic mass is 35.5. The van der Waals surface area contributed by atoms with Crippen LogP contribution in [0, 0.1) is 6.92 Å². The zero-order valence-corrected chi connectivity index (χ0v) is 14.2. The van der Waals surface area contributed by atoms with Crippen LogP contribution in [0.4, 0.5) is 0 Å². The summed E-state index contributed by atoms with van der Waals surface area (Å²) in [5.41, 5.74) is 2.23. The number of benzene rings is 1. The molecule has 3 aromatic rings. The van der Waals surface area contributed by atoms with Crippen LogP contribution in [0.1, 0.15) is 25.8 Å². The summed E-state index contributed by atoms with van der Waals surface area (Å²) in [6.45, 7) is 1.98. The molecule has 6 nitrogen and oxygen atoms in total. The number of aryl methyl sites for hydroxylation is 1. The maximum Gasteiger partial charge on any atom is 0.219 e. The third kappa shape index (κ3) is 2.65. The Morgan fingerprint density at radius 2 is 2.04 bits per heavy atom. The highest BCUT2D eigenvalue weighted by Crippen LogP contribution is 2.30. The fraction of sp³-hybridized carbons (Fsp3) is 0.188. The number of aromatic nitrogens is 1. The van der Waals surface area contributed by atoms with Gasteiger partial charge in [0.2, 0.25) is 5.78 Å². The summed E-state index contributed by atoms with van der Waals surface area (Å²) in [7, 11) is 0. The predicted octanol–water partition coefficient (Wildman–Crippen LogP) is 5.12. The number of halogens is 1. The second kappa shape index (κ2) is 5.92. The molecule has 24 heavy (non-hydrogen) atoms. The molecule has 1 aliphatic rings. The van der Waals surface area contributed by atoms with Gasteiger partial charge in [-0.05, 0) is 47.2 Å². The molecule has 8 heteroatoms. The molecule has 4 rings (SSSR count). The largest absolute Gasteiger partial charge is 0.352 e. The number of ketones is 1. The third-order valence-corrected chi connectivity index (χ3v) is 5.09. The van der Waals surface area contributed by atoms with Gasteiger partial charge in [-0.15, -0.1) is 21.6 Å². The number of hydrogen-bond acceptors (Lipinski definition) is 6. The highest BCUT2D eigenvalue weighted by molar-refractivity contribution is 7.14. The summed E-state index contributed by atoms with van der Waals surface area (Å²) in [4.78, 5) is 18.0. The minimum Gasteiger partial charge on any atom is -0.352 e. The van der Waals surface area contributed by atoms with E-state index < -0.39 is 6.17 Å². The lowest BCUT2D eigenvalue weighted by Crippen LogP contribution is -2.08. The maximum absolute atomic E-state index is 12.9. The molecule has 0 spiro atoms. The molecule has 2 aromatic heterocycles. The summed E-state index contributed by atoms with van der Waals surface area (Å²) in [5, 5.41) is 16.6. The average Bonchev–Trinajstić information content (AvgIpc) is 3.28. The van der Waals surface area contributed by atoms with E-state index in [1.165, 1.54) is 11.3 Å². The predicted molar refractivity (Wildman–Crippen MR) is 93.0 cm³/mol. The molecule has 0 radical (unpaired) electrons. The number of rotatable bonds is 4. The second-order valence-electron chi connectivity index (χ2n) is 5.50. The molecule has 0 bridgehead atoms. The van der Waals surface area contributed by atoms with Crippen LogP contribution in [0.25, 0.3) is 10.9 Å². The standard InChI is InChI=1S/C16H12ClN5OS/c1-8-2-5-13(24-8)16(23)15-11(7-14-19-21-22-20-14)10-4-3-9(17)6-12(10)18-15/h2-6,14,18H,7H2,1H3. The molecule has 120 valence electrons. The molecule has 0 fully saturated rings. The molecule has 0 amide bonds. The molecule has 0 unspecified atom stereocenters. The molecule has 3 heterocycles. The lowest BCUT2D eigenvalue weighted by molar-refractivity contribution is 0.103. The summed E-state index contributed by atoms with van der Waals surface area (Å²) < 4.78 is 0. The van der Waals surface area contributed by atoms with Crippen molar-refractivity contribution in [1.82, 2.24) is 4.98 Å². The monoisotopic (exact) mass is 357 g/mol. The van der Waals surface area contributed by atoms with Crippen LogP contribution in [0.3, 0.4) is 0 Å². The van der Waals surface area contributed by atoms with Gasteiger partial charge < -0.3 is 4.98 Å². The molecule has 1 aliphatic heterocycles. The van der Waals surface area contributed by atoms with Crippen LogP contribution in [-0.2, 0) is 6.42 Å². The Balaban J connectivity index is 1.84. The average molecular weight is 358 g/mol. The van der Waals surface area contributed by atoms with Crippen molar-refractivity contribution in [1.29, 1.82) is 0 Å². The van der Waals surface area contributed by atoms with Gasteiger partial charge in [0.05, 0.1) is 10.6 Å². The number of fused-ring (bicyclic) bond motifs is 1. The Bertz CT molecular complexity index is 991. The molecular weight excluding hydrogens is 346 g/mol. The van der Waals surface area contributed by atoms with Crippen molar-refractivity contribution in [3.8, 4) is 0 Å². The smallest absolute Gasteiger partial charge is 0.219 e. The van der Waals surface area contributed by atoms with Crippen LogP contribution in [-0.4, -0.2) is 16.9 Å². The van der Waals surface area contributed by atoms with Gasteiger partial charge >= 0.3 is 0 Å². The van der Waals surface area contributed by atoms with Gasteiger partial charge in [0.1, 0.15) is 0 Å². The van der Waals surface area contributed by atoms with E-state index in [1.54, 1.807) is 0 Å². The van der Waals surface area contributed by atoms with Gasteiger partial charge in [-0.2, -0.15) is 0 Å². The molecule has 0 aliphatic carbocycles. The van der Waals surface area contributed by atoms with E-state index in [2.05, 4.69) is 25.7 Å². The summed E-state index contributed by atoms with van der Waals surface area (Å²) in [6, 6.07) is 9.32. The van der Waals surface area contributed by atoms with E-state index in [-0.39, 0.29) is 5.78 Å². The van der Waals surface area contributed by atoms with E-state index in [9.17, 15) is 4.79 Å². The van der Waals surface area contributed by atoms with E-state index in [4.69, 9.17) is 11.6 Å². The highest BCUT2D eigenvalue weighted by Gasteiger charge is 2.23.